The lowest BCUT2D eigenvalue weighted by Gasteiger charge is -2.01. The van der Waals surface area contributed by atoms with Gasteiger partial charge in [0.2, 0.25) is 0 Å². The zero-order chi connectivity index (χ0) is 10.7. The highest BCUT2D eigenvalue weighted by atomic mass is 79.9. The predicted molar refractivity (Wildman–Crippen MR) is 48.5 cm³/mol. The number of rotatable bonds is 3. The van der Waals surface area contributed by atoms with Gasteiger partial charge in [-0.25, -0.2) is 8.78 Å². The van der Waals surface area contributed by atoms with Gasteiger partial charge in [-0.1, -0.05) is 15.9 Å². The molecule has 0 saturated heterocycles. The summed E-state index contributed by atoms with van der Waals surface area (Å²) in [5.41, 5.74) is -0.305. The topological polar surface area (TPSA) is 56.0 Å². The maximum atomic E-state index is 12.3. The number of hydrogen-bond donors (Lipinski definition) is 0. The Morgan fingerprint density at radius 2 is 2.21 bits per heavy atom. The molecule has 0 aliphatic rings. The van der Waals surface area contributed by atoms with Gasteiger partial charge in [0.1, 0.15) is 5.56 Å². The van der Waals surface area contributed by atoms with E-state index in [4.69, 9.17) is 0 Å². The minimum atomic E-state index is -2.88. The Balaban J connectivity index is 3.24. The van der Waals surface area contributed by atoms with E-state index in [0.717, 1.165) is 6.07 Å². The van der Waals surface area contributed by atoms with Gasteiger partial charge in [0.15, 0.2) is 5.69 Å². The molecule has 0 bridgehead atoms. The Morgan fingerprint density at radius 1 is 1.57 bits per heavy atom. The molecular weight excluding hydrogens is 262 g/mol. The molecule has 1 heterocycles. The fraction of sp³-hybridized carbons (Fsp3) is 0.286. The zero-order valence-corrected chi connectivity index (χ0v) is 8.37. The normalized spacial score (nSPS) is 10.6. The van der Waals surface area contributed by atoms with Crippen LogP contribution in [-0.2, 0) is 5.33 Å². The molecule has 0 unspecified atom stereocenters. The van der Waals surface area contributed by atoms with Gasteiger partial charge >= 0.3 is 5.82 Å². The molecule has 0 atom stereocenters. The molecule has 14 heavy (non-hydrogen) atoms. The summed E-state index contributed by atoms with van der Waals surface area (Å²) in [4.78, 5) is 13.0. The molecule has 1 aromatic heterocycles. The highest BCUT2D eigenvalue weighted by Crippen LogP contribution is 2.27. The molecule has 0 amide bonds. The Kier molecular flexibility index (Phi) is 3.45. The summed E-state index contributed by atoms with van der Waals surface area (Å²) >= 11 is 3.03. The van der Waals surface area contributed by atoms with Crippen molar-refractivity contribution in [3.8, 4) is 0 Å². The van der Waals surface area contributed by atoms with Gasteiger partial charge in [0.25, 0.3) is 6.43 Å². The summed E-state index contributed by atoms with van der Waals surface area (Å²) in [7, 11) is 0. The van der Waals surface area contributed by atoms with Crippen LogP contribution < -0.4 is 0 Å². The molecule has 4 nitrogen and oxygen atoms in total. The highest BCUT2D eigenvalue weighted by Gasteiger charge is 2.23. The number of hydrogen-bond acceptors (Lipinski definition) is 3. The monoisotopic (exact) mass is 266 g/mol. The molecule has 0 spiro atoms. The number of nitrogens with zero attached hydrogens (tertiary/aromatic N) is 2. The first-order valence-corrected chi connectivity index (χ1v) is 4.66. The van der Waals surface area contributed by atoms with E-state index in [1.807, 2.05) is 0 Å². The van der Waals surface area contributed by atoms with Gasteiger partial charge in [-0.15, -0.1) is 0 Å². The van der Waals surface area contributed by atoms with E-state index in [-0.39, 0.29) is 5.33 Å². The van der Waals surface area contributed by atoms with Crippen LogP contribution in [0.2, 0.25) is 0 Å². The third-order valence-electron chi connectivity index (χ3n) is 1.51. The maximum Gasteiger partial charge on any atom is 0.372 e. The lowest BCUT2D eigenvalue weighted by Crippen LogP contribution is -2.01. The fourth-order valence-electron chi connectivity index (χ4n) is 0.889. The van der Waals surface area contributed by atoms with Crippen LogP contribution in [0, 0.1) is 10.1 Å². The zero-order valence-electron chi connectivity index (χ0n) is 6.78. The Hall–Kier alpha value is -1.11. The SMILES string of the molecule is O=[N+]([O-])c1nc(CBr)ccc1C(F)F. The second-order valence-corrected chi connectivity index (χ2v) is 2.97. The van der Waals surface area contributed by atoms with Crippen molar-refractivity contribution in [1.29, 1.82) is 0 Å². The van der Waals surface area contributed by atoms with E-state index in [0.29, 0.717) is 5.69 Å². The molecule has 0 aliphatic heterocycles. The Labute approximate surface area is 86.2 Å². The standard InChI is InChI=1S/C7H5BrF2N2O2/c8-3-4-1-2-5(6(9)10)7(11-4)12(13)14/h1-2,6H,3H2. The van der Waals surface area contributed by atoms with Crippen molar-refractivity contribution in [3.63, 3.8) is 0 Å². The van der Waals surface area contributed by atoms with Crippen molar-refractivity contribution in [3.05, 3.63) is 33.5 Å². The van der Waals surface area contributed by atoms with Gasteiger partial charge in [0.05, 0.1) is 5.33 Å². The second-order valence-electron chi connectivity index (χ2n) is 2.41. The summed E-state index contributed by atoms with van der Waals surface area (Å²) in [5, 5.41) is 10.7. The third kappa shape index (κ3) is 2.22. The first-order chi connectivity index (χ1) is 6.56. The van der Waals surface area contributed by atoms with Crippen molar-refractivity contribution < 1.29 is 13.7 Å². The Morgan fingerprint density at radius 3 is 2.64 bits per heavy atom. The summed E-state index contributed by atoms with van der Waals surface area (Å²) in [6.07, 6.45) is -2.88. The van der Waals surface area contributed by atoms with Crippen molar-refractivity contribution in [2.45, 2.75) is 11.8 Å². The van der Waals surface area contributed by atoms with Crippen LogP contribution in [0.25, 0.3) is 0 Å². The number of aromatic nitrogens is 1. The largest absolute Gasteiger partial charge is 0.372 e. The van der Waals surface area contributed by atoms with Crippen molar-refractivity contribution in [2.24, 2.45) is 0 Å². The van der Waals surface area contributed by atoms with E-state index in [2.05, 4.69) is 20.9 Å². The van der Waals surface area contributed by atoms with Crippen molar-refractivity contribution >= 4 is 21.7 Å². The number of halogens is 3. The molecule has 0 radical (unpaired) electrons. The van der Waals surface area contributed by atoms with Crippen LogP contribution in [0.4, 0.5) is 14.6 Å². The molecule has 0 saturated carbocycles. The molecule has 1 aromatic rings. The van der Waals surface area contributed by atoms with E-state index >= 15 is 0 Å². The van der Waals surface area contributed by atoms with Gasteiger partial charge in [-0.3, -0.25) is 0 Å². The first kappa shape index (κ1) is 11.0. The summed E-state index contributed by atoms with van der Waals surface area (Å²) in [6, 6.07) is 2.34. The average Bonchev–Trinajstić information content (AvgIpc) is 2.16. The summed E-state index contributed by atoms with van der Waals surface area (Å²) < 4.78 is 24.5. The van der Waals surface area contributed by atoms with Crippen LogP contribution in [0.15, 0.2) is 12.1 Å². The highest BCUT2D eigenvalue weighted by molar-refractivity contribution is 9.08. The van der Waals surface area contributed by atoms with Crippen LogP contribution in [0.1, 0.15) is 17.7 Å². The second kappa shape index (κ2) is 4.41. The minimum Gasteiger partial charge on any atom is -0.358 e. The lowest BCUT2D eigenvalue weighted by molar-refractivity contribution is -0.391. The molecule has 7 heteroatoms. The van der Waals surface area contributed by atoms with Gasteiger partial charge < -0.3 is 10.1 Å². The predicted octanol–water partition coefficient (Wildman–Crippen LogP) is 2.82. The van der Waals surface area contributed by atoms with Crippen LogP contribution in [0.3, 0.4) is 0 Å². The summed E-state index contributed by atoms with van der Waals surface area (Å²) in [5.74, 6) is -0.781. The number of alkyl halides is 3. The molecule has 1 rings (SSSR count). The fourth-order valence-corrected chi connectivity index (χ4v) is 1.20. The van der Waals surface area contributed by atoms with Gasteiger partial charge in [0, 0.05) is 0 Å². The lowest BCUT2D eigenvalue weighted by atomic mass is 10.2. The van der Waals surface area contributed by atoms with Crippen LogP contribution in [0.5, 0.6) is 0 Å². The smallest absolute Gasteiger partial charge is 0.358 e. The molecular formula is C7H5BrF2N2O2. The van der Waals surface area contributed by atoms with E-state index in [1.54, 1.807) is 0 Å². The van der Waals surface area contributed by atoms with E-state index in [1.165, 1.54) is 6.07 Å². The molecule has 0 N–H and O–H groups in total. The first-order valence-electron chi connectivity index (χ1n) is 3.54. The summed E-state index contributed by atoms with van der Waals surface area (Å²) in [6.45, 7) is 0. The molecule has 0 aliphatic carbocycles. The van der Waals surface area contributed by atoms with Gasteiger partial charge in [-0.2, -0.15) is 0 Å². The number of nitro groups is 1. The van der Waals surface area contributed by atoms with Crippen molar-refractivity contribution in [2.75, 3.05) is 0 Å². The molecule has 0 fully saturated rings. The minimum absolute atomic E-state index is 0.289. The van der Waals surface area contributed by atoms with Crippen LogP contribution >= 0.6 is 15.9 Å². The van der Waals surface area contributed by atoms with E-state index in [9.17, 15) is 18.9 Å². The maximum absolute atomic E-state index is 12.3. The molecule has 76 valence electrons. The van der Waals surface area contributed by atoms with Gasteiger partial charge in [-0.05, 0) is 22.0 Å². The average molecular weight is 267 g/mol. The molecule has 0 aromatic carbocycles. The van der Waals surface area contributed by atoms with Crippen molar-refractivity contribution in [1.82, 2.24) is 4.98 Å². The quantitative estimate of drug-likeness (QED) is 0.480. The third-order valence-corrected chi connectivity index (χ3v) is 2.08. The van der Waals surface area contributed by atoms with E-state index < -0.39 is 22.7 Å². The van der Waals surface area contributed by atoms with Crippen LogP contribution in [-0.4, -0.2) is 9.91 Å². The number of pyridine rings is 1. The Bertz CT molecular complexity index is 360.